The van der Waals surface area contributed by atoms with Gasteiger partial charge in [0.15, 0.2) is 5.96 Å². The third-order valence-corrected chi connectivity index (χ3v) is 4.45. The Labute approximate surface area is 185 Å². The van der Waals surface area contributed by atoms with Crippen LogP contribution in [0.15, 0.2) is 53.7 Å². The average Bonchev–Trinajstić information content (AvgIpc) is 3.08. The highest BCUT2D eigenvalue weighted by molar-refractivity contribution is 14.0. The van der Waals surface area contributed by atoms with Gasteiger partial charge in [-0.15, -0.1) is 24.0 Å². The van der Waals surface area contributed by atoms with Gasteiger partial charge in [0, 0.05) is 35.8 Å². The molecule has 0 aliphatic rings. The molecule has 0 aliphatic carbocycles. The van der Waals surface area contributed by atoms with Crippen molar-refractivity contribution in [3.63, 3.8) is 0 Å². The van der Waals surface area contributed by atoms with Crippen LogP contribution in [-0.4, -0.2) is 35.7 Å². The number of hydrogen-bond donors (Lipinski definition) is 4. The quantitative estimate of drug-likeness (QED) is 0.220. The maximum absolute atomic E-state index is 13.8. The molecular weight excluding hydrogens is 489 g/mol. The molecule has 8 heteroatoms. The van der Waals surface area contributed by atoms with Crippen LogP contribution in [0.25, 0.3) is 10.9 Å². The molecule has 156 valence electrons. The van der Waals surface area contributed by atoms with Gasteiger partial charge >= 0.3 is 0 Å². The molecule has 4 N–H and O–H groups in total. The van der Waals surface area contributed by atoms with Gasteiger partial charge in [-0.2, -0.15) is 0 Å². The first kappa shape index (κ1) is 23.1. The minimum Gasteiger partial charge on any atom is -0.386 e. The van der Waals surface area contributed by atoms with Crippen molar-refractivity contribution in [2.45, 2.75) is 19.4 Å². The Kier molecular flexibility index (Phi) is 8.84. The van der Waals surface area contributed by atoms with Gasteiger partial charge in [0.1, 0.15) is 17.7 Å². The minimum atomic E-state index is -1.01. The van der Waals surface area contributed by atoms with Crippen LogP contribution in [0.2, 0.25) is 0 Å². The normalized spacial score (nSPS) is 12.5. The number of aliphatic hydroxyl groups is 1. The van der Waals surface area contributed by atoms with Crippen molar-refractivity contribution in [2.24, 2.45) is 4.99 Å². The molecule has 0 saturated heterocycles. The molecule has 1 unspecified atom stereocenters. The number of rotatable bonds is 7. The van der Waals surface area contributed by atoms with Gasteiger partial charge in [-0.3, -0.25) is 4.99 Å². The van der Waals surface area contributed by atoms with Crippen molar-refractivity contribution in [1.82, 2.24) is 15.6 Å². The zero-order valence-electron chi connectivity index (χ0n) is 16.1. The molecule has 1 heterocycles. The van der Waals surface area contributed by atoms with Crippen LogP contribution >= 0.6 is 24.0 Å². The molecule has 1 aromatic heterocycles. The summed E-state index contributed by atoms with van der Waals surface area (Å²) in [6, 6.07) is 10.8. The molecule has 5 nitrogen and oxygen atoms in total. The summed E-state index contributed by atoms with van der Waals surface area (Å²) in [4.78, 5) is 7.42. The fraction of sp³-hybridized carbons (Fsp3) is 0.286. The Morgan fingerprint density at radius 1 is 1.17 bits per heavy atom. The number of nitrogens with one attached hydrogen (secondary N) is 3. The smallest absolute Gasteiger partial charge is 0.191 e. The van der Waals surface area contributed by atoms with Gasteiger partial charge in [0.05, 0.1) is 6.54 Å². The van der Waals surface area contributed by atoms with E-state index in [2.05, 4.69) is 20.6 Å². The van der Waals surface area contributed by atoms with Crippen molar-refractivity contribution in [3.8, 4) is 0 Å². The predicted octanol–water partition coefficient (Wildman–Crippen LogP) is 3.90. The third kappa shape index (κ3) is 6.14. The van der Waals surface area contributed by atoms with Gasteiger partial charge in [0.2, 0.25) is 0 Å². The van der Waals surface area contributed by atoms with E-state index < -0.39 is 11.9 Å². The summed E-state index contributed by atoms with van der Waals surface area (Å²) in [6.45, 7) is 3.25. The van der Waals surface area contributed by atoms with Crippen LogP contribution in [0.3, 0.4) is 0 Å². The summed E-state index contributed by atoms with van der Waals surface area (Å²) in [5.41, 5.74) is 2.07. The van der Waals surface area contributed by atoms with E-state index in [-0.39, 0.29) is 41.9 Å². The Bertz CT molecular complexity index is 961. The molecule has 0 spiro atoms. The largest absolute Gasteiger partial charge is 0.386 e. The zero-order chi connectivity index (χ0) is 19.9. The number of aromatic nitrogens is 1. The molecule has 0 aliphatic heterocycles. The molecular formula is C21H25F2IN4O. The van der Waals surface area contributed by atoms with Gasteiger partial charge in [-0.05, 0) is 43.2 Å². The number of hydrogen-bond acceptors (Lipinski definition) is 2. The topological polar surface area (TPSA) is 72.4 Å². The summed E-state index contributed by atoms with van der Waals surface area (Å²) in [6.07, 6.45) is 1.57. The molecule has 0 radical (unpaired) electrons. The predicted molar refractivity (Wildman–Crippen MR) is 123 cm³/mol. The third-order valence-electron chi connectivity index (χ3n) is 4.45. The molecule has 2 aromatic carbocycles. The fourth-order valence-electron chi connectivity index (χ4n) is 3.04. The van der Waals surface area contributed by atoms with Crippen molar-refractivity contribution in [3.05, 3.63) is 71.4 Å². The van der Waals surface area contributed by atoms with E-state index in [0.29, 0.717) is 25.5 Å². The highest BCUT2D eigenvalue weighted by Crippen LogP contribution is 2.19. The van der Waals surface area contributed by atoms with Gasteiger partial charge in [-0.25, -0.2) is 8.78 Å². The maximum atomic E-state index is 13.8. The van der Waals surface area contributed by atoms with E-state index in [4.69, 9.17) is 0 Å². The molecule has 0 amide bonds. The van der Waals surface area contributed by atoms with Crippen molar-refractivity contribution >= 4 is 40.8 Å². The van der Waals surface area contributed by atoms with E-state index >= 15 is 0 Å². The van der Waals surface area contributed by atoms with Crippen LogP contribution in [0.5, 0.6) is 0 Å². The summed E-state index contributed by atoms with van der Waals surface area (Å²) < 4.78 is 27.0. The summed E-state index contributed by atoms with van der Waals surface area (Å²) in [5, 5.41) is 17.5. The van der Waals surface area contributed by atoms with Crippen LogP contribution in [0.4, 0.5) is 8.78 Å². The number of guanidine groups is 1. The van der Waals surface area contributed by atoms with E-state index in [9.17, 15) is 13.9 Å². The highest BCUT2D eigenvalue weighted by Gasteiger charge is 2.12. The summed E-state index contributed by atoms with van der Waals surface area (Å²) >= 11 is 0. The van der Waals surface area contributed by atoms with Gasteiger partial charge in [-0.1, -0.05) is 18.2 Å². The Balaban J connectivity index is 0.00000300. The number of aromatic amines is 1. The fourth-order valence-corrected chi connectivity index (χ4v) is 3.04. The first-order valence-electron chi connectivity index (χ1n) is 9.28. The molecule has 0 fully saturated rings. The number of aliphatic imine (C=N–C) groups is 1. The van der Waals surface area contributed by atoms with Crippen LogP contribution in [0.1, 0.15) is 24.2 Å². The standard InChI is InChI=1S/C21H24F2N4O.HI/c1-2-24-21(27-13-20(28)17-5-3-4-6-18(17)23)25-10-9-14-12-26-19-11-15(22)7-8-16(14)19;/h3-8,11-12,20,26,28H,2,9-10,13H2,1H3,(H2,24,25,27);1H. The zero-order valence-corrected chi connectivity index (χ0v) is 18.4. The SMILES string of the molecule is CCNC(=NCC(O)c1ccccc1F)NCCc1c[nH]c2cc(F)ccc12.I. The molecule has 0 saturated carbocycles. The number of nitrogens with zero attached hydrogens (tertiary/aromatic N) is 1. The minimum absolute atomic E-state index is 0. The highest BCUT2D eigenvalue weighted by atomic mass is 127. The second-order valence-electron chi connectivity index (χ2n) is 6.44. The molecule has 3 rings (SSSR count). The monoisotopic (exact) mass is 514 g/mol. The number of aliphatic hydroxyl groups excluding tert-OH is 1. The lowest BCUT2D eigenvalue weighted by atomic mass is 10.1. The Morgan fingerprint density at radius 3 is 2.72 bits per heavy atom. The summed E-state index contributed by atoms with van der Waals surface area (Å²) in [7, 11) is 0. The van der Waals surface area contributed by atoms with Crippen molar-refractivity contribution in [2.75, 3.05) is 19.6 Å². The lowest BCUT2D eigenvalue weighted by molar-refractivity contribution is 0.182. The lowest BCUT2D eigenvalue weighted by Crippen LogP contribution is -2.38. The average molecular weight is 514 g/mol. The number of halogens is 3. The van der Waals surface area contributed by atoms with Gasteiger partial charge in [0.25, 0.3) is 0 Å². The molecule has 29 heavy (non-hydrogen) atoms. The van der Waals surface area contributed by atoms with Crippen LogP contribution < -0.4 is 10.6 Å². The van der Waals surface area contributed by atoms with Gasteiger partial charge < -0.3 is 20.7 Å². The van der Waals surface area contributed by atoms with Crippen molar-refractivity contribution < 1.29 is 13.9 Å². The van der Waals surface area contributed by atoms with E-state index in [0.717, 1.165) is 16.5 Å². The van der Waals surface area contributed by atoms with Crippen LogP contribution in [0, 0.1) is 11.6 Å². The lowest BCUT2D eigenvalue weighted by Gasteiger charge is -2.13. The Hall–Kier alpha value is -2.20. The molecule has 0 bridgehead atoms. The number of fused-ring (bicyclic) bond motifs is 1. The maximum Gasteiger partial charge on any atom is 0.191 e. The van der Waals surface area contributed by atoms with Crippen LogP contribution in [-0.2, 0) is 6.42 Å². The molecule has 3 aromatic rings. The number of benzene rings is 2. The van der Waals surface area contributed by atoms with E-state index in [1.165, 1.54) is 18.2 Å². The summed E-state index contributed by atoms with van der Waals surface area (Å²) in [5.74, 6) is -0.170. The Morgan fingerprint density at radius 2 is 1.97 bits per heavy atom. The van der Waals surface area contributed by atoms with Crippen molar-refractivity contribution in [1.29, 1.82) is 0 Å². The van der Waals surface area contributed by atoms with E-state index in [1.54, 1.807) is 24.3 Å². The number of H-pyrrole nitrogens is 1. The second-order valence-corrected chi connectivity index (χ2v) is 6.44. The molecule has 1 atom stereocenters. The first-order valence-corrected chi connectivity index (χ1v) is 9.28. The van der Waals surface area contributed by atoms with E-state index in [1.807, 2.05) is 13.1 Å². The second kappa shape index (κ2) is 11.1. The first-order chi connectivity index (χ1) is 13.6.